The van der Waals surface area contributed by atoms with Gasteiger partial charge in [0.25, 0.3) is 11.8 Å². The molecule has 5 aliphatic rings. The first-order valence-electron chi connectivity index (χ1n) is 25.3. The molecular weight excluding hydrogens is 905 g/mol. The van der Waals surface area contributed by atoms with E-state index in [0.29, 0.717) is 23.9 Å². The lowest BCUT2D eigenvalue weighted by Gasteiger charge is -2.23. The third kappa shape index (κ3) is 10.5. The Labute approximate surface area is 416 Å². The minimum absolute atomic E-state index is 0.000111. The first kappa shape index (κ1) is 49.8. The van der Waals surface area contributed by atoms with Crippen molar-refractivity contribution in [2.45, 2.75) is 154 Å². The molecule has 7 atom stereocenters. The molecule has 0 aromatic heterocycles. The molecule has 3 fully saturated rings. The minimum atomic E-state index is -0.487. The van der Waals surface area contributed by atoms with Crippen molar-refractivity contribution < 1.29 is 54.4 Å². The summed E-state index contributed by atoms with van der Waals surface area (Å²) in [7, 11) is 0. The summed E-state index contributed by atoms with van der Waals surface area (Å²) in [5.41, 5.74) is 2.62. The molecule has 9 rings (SSSR count). The second-order valence-electron chi connectivity index (χ2n) is 21.9. The Kier molecular flexibility index (Phi) is 13.4. The topological polar surface area (TPSA) is 224 Å². The average molecular weight is 975 g/mol. The van der Waals surface area contributed by atoms with Crippen molar-refractivity contribution in [1.29, 1.82) is 0 Å². The van der Waals surface area contributed by atoms with Crippen molar-refractivity contribution in [3.8, 4) is 34.5 Å². The lowest BCUT2D eigenvalue weighted by atomic mass is 9.90. The molecule has 0 spiro atoms. The number of ether oxygens (including phenoxy) is 3. The molecule has 4 aromatic carbocycles. The number of aromatic hydroxyl groups is 6. The second-order valence-corrected chi connectivity index (χ2v) is 21.9. The fourth-order valence-corrected chi connectivity index (χ4v) is 10.9. The Morgan fingerprint density at radius 1 is 0.648 bits per heavy atom. The van der Waals surface area contributed by atoms with Crippen LogP contribution in [0.1, 0.15) is 139 Å². The highest BCUT2D eigenvalue weighted by atomic mass is 16.6. The highest BCUT2D eigenvalue weighted by molar-refractivity contribution is 6.16. The molecule has 3 saturated heterocycles. The number of phenolic OH excluding ortho intramolecular Hbond substituents is 6. The number of para-hydroxylation sites is 1. The SMILES string of the molecule is C/C(=C\CN1C(=O)c2cccc(O)c2Nc2c(O)cc(O)cc21)CCCC(C)CCC1OC1(C)Cc1cc(O)c2c(c1)C(=O)N(CC1OC1(C)CCC1OC1(C)CCCC(C)C)c1cc(O)cc(O)c1N2. The predicted molar refractivity (Wildman–Crippen MR) is 273 cm³/mol. The summed E-state index contributed by atoms with van der Waals surface area (Å²) in [5.74, 6) is -0.858. The summed E-state index contributed by atoms with van der Waals surface area (Å²) in [6.45, 7) is 15.4. The number of rotatable bonds is 20. The van der Waals surface area contributed by atoms with E-state index < -0.39 is 17.1 Å². The van der Waals surface area contributed by atoms with Gasteiger partial charge < -0.3 is 65.3 Å². The normalized spacial score (nSPS) is 25.6. The molecule has 15 nitrogen and oxygen atoms in total. The molecule has 8 N–H and O–H groups in total. The molecule has 15 heteroatoms. The van der Waals surface area contributed by atoms with Crippen LogP contribution in [0.2, 0.25) is 0 Å². The Morgan fingerprint density at radius 3 is 1.93 bits per heavy atom. The van der Waals surface area contributed by atoms with E-state index in [0.717, 1.165) is 68.9 Å². The molecule has 7 unspecified atom stereocenters. The van der Waals surface area contributed by atoms with Gasteiger partial charge in [-0.05, 0) is 114 Å². The van der Waals surface area contributed by atoms with E-state index in [-0.39, 0.29) is 117 Å². The number of benzene rings is 4. The van der Waals surface area contributed by atoms with Crippen molar-refractivity contribution in [3.05, 3.63) is 82.9 Å². The molecule has 2 amide bonds. The van der Waals surface area contributed by atoms with E-state index in [9.17, 15) is 40.2 Å². The van der Waals surface area contributed by atoms with Crippen molar-refractivity contribution in [2.24, 2.45) is 11.8 Å². The Morgan fingerprint density at radius 2 is 1.24 bits per heavy atom. The number of epoxide rings is 3. The molecule has 0 radical (unpaired) electrons. The van der Waals surface area contributed by atoms with Crippen LogP contribution in [0.5, 0.6) is 34.5 Å². The van der Waals surface area contributed by atoms with Crippen LogP contribution in [0.25, 0.3) is 0 Å². The van der Waals surface area contributed by atoms with Crippen molar-refractivity contribution in [2.75, 3.05) is 33.5 Å². The third-order valence-corrected chi connectivity index (χ3v) is 15.6. The average Bonchev–Trinajstić information content (AvgIpc) is 4.25. The molecule has 5 aliphatic heterocycles. The molecule has 71 heavy (non-hydrogen) atoms. The van der Waals surface area contributed by atoms with Gasteiger partial charge in [-0.25, -0.2) is 0 Å². The van der Waals surface area contributed by atoms with Crippen LogP contribution in [-0.4, -0.2) is 90.7 Å². The van der Waals surface area contributed by atoms with Gasteiger partial charge in [-0.1, -0.05) is 57.7 Å². The van der Waals surface area contributed by atoms with Gasteiger partial charge >= 0.3 is 0 Å². The number of nitrogens with one attached hydrogen (secondary N) is 2. The van der Waals surface area contributed by atoms with Crippen molar-refractivity contribution in [1.82, 2.24) is 0 Å². The van der Waals surface area contributed by atoms with Crippen molar-refractivity contribution >= 4 is 45.9 Å². The van der Waals surface area contributed by atoms with Gasteiger partial charge in [0, 0.05) is 37.2 Å². The summed E-state index contributed by atoms with van der Waals surface area (Å²) < 4.78 is 18.8. The highest BCUT2D eigenvalue weighted by Crippen LogP contribution is 2.52. The van der Waals surface area contributed by atoms with Gasteiger partial charge in [0.15, 0.2) is 0 Å². The summed E-state index contributed by atoms with van der Waals surface area (Å²) in [6, 6.07) is 13.3. The first-order valence-corrected chi connectivity index (χ1v) is 25.3. The summed E-state index contributed by atoms with van der Waals surface area (Å²) >= 11 is 0. The van der Waals surface area contributed by atoms with Gasteiger partial charge in [0.05, 0.1) is 69.4 Å². The van der Waals surface area contributed by atoms with Crippen LogP contribution in [0, 0.1) is 11.8 Å². The molecule has 380 valence electrons. The van der Waals surface area contributed by atoms with Gasteiger partial charge in [-0.15, -0.1) is 0 Å². The second kappa shape index (κ2) is 19.1. The molecule has 5 heterocycles. The third-order valence-electron chi connectivity index (χ3n) is 15.6. The number of carbonyl (C=O) groups is 2. The largest absolute Gasteiger partial charge is 0.508 e. The quantitative estimate of drug-likeness (QED) is 0.0179. The number of allylic oxidation sites excluding steroid dienone is 1. The van der Waals surface area contributed by atoms with Crippen LogP contribution < -0.4 is 20.4 Å². The zero-order valence-electron chi connectivity index (χ0n) is 42.0. The number of anilines is 6. The molecule has 0 saturated carbocycles. The Bertz CT molecular complexity index is 2760. The minimum Gasteiger partial charge on any atom is -0.508 e. The van der Waals surface area contributed by atoms with Crippen LogP contribution in [0.4, 0.5) is 34.1 Å². The number of nitrogens with zero attached hydrogens (tertiary/aromatic N) is 2. The van der Waals surface area contributed by atoms with Crippen LogP contribution in [-0.2, 0) is 20.6 Å². The van der Waals surface area contributed by atoms with Crippen LogP contribution >= 0.6 is 0 Å². The predicted octanol–water partition coefficient (Wildman–Crippen LogP) is 11.2. The highest BCUT2D eigenvalue weighted by Gasteiger charge is 2.57. The standard InChI is InChI=1S/C56H70N4O11/c1-31(2)11-10-20-54(5)46(69-54)18-21-55(6)47(71-55)30-60-40-26-36(62)28-44(66)51(40)58-49-38(53(60)68)23-34(24-42(49)64)29-56(7)45(70-56)17-16-32(3)12-8-13-33(4)19-22-59-39-25-35(61)27-43(65)50(39)57-48-37(52(59)67)14-9-15-41(48)63/h9,14-15,19,23-28,31-32,45-47,57-58,61-66H,8,10-13,16-18,20-22,29-30H2,1-7H3/b33-19+. The van der Waals surface area contributed by atoms with Crippen LogP contribution in [0.3, 0.4) is 0 Å². The maximum atomic E-state index is 14.7. The number of hydrogen-bond donors (Lipinski definition) is 8. The maximum Gasteiger partial charge on any atom is 0.260 e. The maximum absolute atomic E-state index is 14.7. The number of phenols is 6. The van der Waals surface area contributed by atoms with E-state index in [1.54, 1.807) is 24.3 Å². The summed E-state index contributed by atoms with van der Waals surface area (Å²) in [5, 5.41) is 70.8. The molecular formula is C56H70N4O11. The molecule has 4 aromatic rings. The lowest BCUT2D eigenvalue weighted by Crippen LogP contribution is -2.35. The van der Waals surface area contributed by atoms with Gasteiger partial charge in [-0.2, -0.15) is 0 Å². The van der Waals surface area contributed by atoms with E-state index in [4.69, 9.17) is 14.2 Å². The van der Waals surface area contributed by atoms with Gasteiger partial charge in [0.1, 0.15) is 52.0 Å². The van der Waals surface area contributed by atoms with Gasteiger partial charge in [0.2, 0.25) is 0 Å². The van der Waals surface area contributed by atoms with E-state index in [1.807, 2.05) is 13.0 Å². The smallest absolute Gasteiger partial charge is 0.260 e. The molecule has 0 bridgehead atoms. The Balaban J connectivity index is 0.788. The fraction of sp³-hybridized carbons (Fsp3) is 0.500. The fourth-order valence-electron chi connectivity index (χ4n) is 10.9. The Hall–Kier alpha value is -6.16. The van der Waals surface area contributed by atoms with E-state index in [1.165, 1.54) is 46.6 Å². The number of fused-ring (bicyclic) bond motifs is 4. The number of amides is 2. The molecule has 0 aliphatic carbocycles. The zero-order valence-corrected chi connectivity index (χ0v) is 42.0. The summed E-state index contributed by atoms with van der Waals surface area (Å²) in [6.07, 6.45) is 11.8. The number of hydrogen-bond acceptors (Lipinski definition) is 13. The number of carbonyl (C=O) groups excluding carboxylic acids is 2. The lowest BCUT2D eigenvalue weighted by molar-refractivity contribution is 0.0980. The van der Waals surface area contributed by atoms with E-state index in [2.05, 4.69) is 52.2 Å². The summed E-state index contributed by atoms with van der Waals surface area (Å²) in [4.78, 5) is 31.5. The monoisotopic (exact) mass is 975 g/mol. The van der Waals surface area contributed by atoms with Gasteiger partial charge in [-0.3, -0.25) is 9.59 Å². The first-order chi connectivity index (χ1) is 33.6. The van der Waals surface area contributed by atoms with Crippen LogP contribution in [0.15, 0.2) is 66.2 Å². The zero-order chi connectivity index (χ0) is 50.7. The van der Waals surface area contributed by atoms with Crippen molar-refractivity contribution in [3.63, 3.8) is 0 Å². The van der Waals surface area contributed by atoms with E-state index >= 15 is 0 Å².